The summed E-state index contributed by atoms with van der Waals surface area (Å²) in [6, 6.07) is 8.63. The Morgan fingerprint density at radius 1 is 1.04 bits per heavy atom. The van der Waals surface area contributed by atoms with Crippen molar-refractivity contribution in [3.8, 4) is 0 Å². The summed E-state index contributed by atoms with van der Waals surface area (Å²) in [4.78, 5) is 12.4. The average molecular weight is 374 g/mol. The van der Waals surface area contributed by atoms with Gasteiger partial charge in [-0.1, -0.05) is 44.9 Å². The third-order valence-corrected chi connectivity index (χ3v) is 4.52. The van der Waals surface area contributed by atoms with Gasteiger partial charge < -0.3 is 14.2 Å². The lowest BCUT2D eigenvalue weighted by molar-refractivity contribution is 0.0650. The van der Waals surface area contributed by atoms with Gasteiger partial charge in [0.25, 0.3) is 0 Å². The fraction of sp³-hybridized carbons (Fsp3) is 0.522. The molecule has 0 saturated carbocycles. The lowest BCUT2D eigenvalue weighted by Gasteiger charge is -2.14. The molecule has 149 valence electrons. The van der Waals surface area contributed by atoms with Crippen LogP contribution in [0.2, 0.25) is 0 Å². The Balaban J connectivity index is 2.98. The minimum Gasteiger partial charge on any atom is -0.431 e. The van der Waals surface area contributed by atoms with Gasteiger partial charge in [-0.3, -0.25) is 0 Å². The largest absolute Gasteiger partial charge is 0.431 e. The third-order valence-electron chi connectivity index (χ3n) is 4.52. The smallest absolute Gasteiger partial charge is 0.343 e. The van der Waals surface area contributed by atoms with Crippen molar-refractivity contribution in [3.05, 3.63) is 52.8 Å². The van der Waals surface area contributed by atoms with Crippen LogP contribution < -0.4 is 0 Å². The van der Waals surface area contributed by atoms with E-state index in [-0.39, 0.29) is 12.2 Å². The molecule has 27 heavy (non-hydrogen) atoms. The number of hydrogen-bond donors (Lipinski definition) is 0. The Morgan fingerprint density at radius 3 is 2.22 bits per heavy atom. The first-order valence-electron chi connectivity index (χ1n) is 9.65. The van der Waals surface area contributed by atoms with Gasteiger partial charge in [0.1, 0.15) is 0 Å². The van der Waals surface area contributed by atoms with Gasteiger partial charge in [-0.15, -0.1) is 0 Å². The average Bonchev–Trinajstić information content (AvgIpc) is 2.69. The molecule has 0 aliphatic carbocycles. The van der Waals surface area contributed by atoms with E-state index >= 15 is 0 Å². The highest BCUT2D eigenvalue weighted by molar-refractivity contribution is 5.90. The molecule has 0 N–H and O–H groups in total. The van der Waals surface area contributed by atoms with Gasteiger partial charge in [0.15, 0.2) is 0 Å². The monoisotopic (exact) mass is 373 g/mol. The van der Waals surface area contributed by atoms with Gasteiger partial charge in [0.2, 0.25) is 0 Å². The van der Waals surface area contributed by atoms with Crippen LogP contribution >= 0.6 is 0 Å². The maximum Gasteiger partial charge on any atom is 0.343 e. The third kappa shape index (κ3) is 7.69. The van der Waals surface area contributed by atoms with Crippen LogP contribution in [0.1, 0.15) is 69.3 Å². The van der Waals surface area contributed by atoms with Crippen molar-refractivity contribution < 1.29 is 19.0 Å². The first kappa shape index (κ1) is 23.1. The number of ether oxygens (including phenoxy) is 3. The van der Waals surface area contributed by atoms with E-state index in [4.69, 9.17) is 14.2 Å². The molecule has 1 aromatic rings. The van der Waals surface area contributed by atoms with E-state index in [2.05, 4.69) is 19.9 Å². The summed E-state index contributed by atoms with van der Waals surface area (Å²) < 4.78 is 16.2. The summed E-state index contributed by atoms with van der Waals surface area (Å²) in [6.45, 7) is 8.18. The summed E-state index contributed by atoms with van der Waals surface area (Å²) in [5, 5.41) is 0. The lowest BCUT2D eigenvalue weighted by Crippen LogP contribution is -2.11. The molecule has 0 fully saturated rings. The Labute approximate surface area is 164 Å². The minimum atomic E-state index is -0.418. The predicted molar refractivity (Wildman–Crippen MR) is 110 cm³/mol. The molecule has 4 heteroatoms. The van der Waals surface area contributed by atoms with Crippen molar-refractivity contribution in [2.75, 3.05) is 14.2 Å². The van der Waals surface area contributed by atoms with Gasteiger partial charge >= 0.3 is 5.97 Å². The number of benzene rings is 1. The Kier molecular flexibility index (Phi) is 10.7. The Hall–Kier alpha value is -1.91. The van der Waals surface area contributed by atoms with Gasteiger partial charge in [-0.2, -0.15) is 0 Å². The van der Waals surface area contributed by atoms with E-state index in [1.807, 2.05) is 32.1 Å². The molecule has 0 aromatic heterocycles. The molecule has 0 spiro atoms. The van der Waals surface area contributed by atoms with Crippen molar-refractivity contribution >= 4 is 12.0 Å². The van der Waals surface area contributed by atoms with Gasteiger partial charge in [-0.25, -0.2) is 4.79 Å². The standard InChI is InChI=1S/C23H33O4/c1-7-10-20(17(3)25-5)14-19-12-9-13-21(15-19)23(24)27-16-22(11-8-2)18(4)26-6/h9,12-14,16-18H,7-8,10-11H2,1-6H3. The molecule has 0 amide bonds. The zero-order chi connectivity index (χ0) is 20.2. The maximum atomic E-state index is 12.4. The first-order chi connectivity index (χ1) is 13.0. The summed E-state index contributed by atoms with van der Waals surface area (Å²) in [7, 11) is 3.35. The molecule has 4 nitrogen and oxygen atoms in total. The van der Waals surface area contributed by atoms with Crippen molar-refractivity contribution in [1.82, 2.24) is 0 Å². The minimum absolute atomic E-state index is 0.0315. The highest BCUT2D eigenvalue weighted by atomic mass is 16.5. The van der Waals surface area contributed by atoms with Crippen LogP contribution in [0.4, 0.5) is 0 Å². The number of carbonyl (C=O) groups is 1. The molecular weight excluding hydrogens is 340 g/mol. The Morgan fingerprint density at radius 2 is 1.63 bits per heavy atom. The second-order valence-electron chi connectivity index (χ2n) is 6.59. The summed E-state index contributed by atoms with van der Waals surface area (Å²) in [5.74, 6) is -0.418. The quantitative estimate of drug-likeness (QED) is 0.375. The fourth-order valence-corrected chi connectivity index (χ4v) is 2.71. The second-order valence-corrected chi connectivity index (χ2v) is 6.59. The first-order valence-corrected chi connectivity index (χ1v) is 9.65. The predicted octanol–water partition coefficient (Wildman–Crippen LogP) is 5.58. The van der Waals surface area contributed by atoms with E-state index in [0.717, 1.165) is 36.8 Å². The number of rotatable bonds is 11. The van der Waals surface area contributed by atoms with Crippen molar-refractivity contribution in [2.45, 2.75) is 65.6 Å². The molecule has 1 radical (unpaired) electrons. The molecule has 2 unspecified atom stereocenters. The summed E-state index contributed by atoms with van der Waals surface area (Å²) >= 11 is 0. The van der Waals surface area contributed by atoms with E-state index < -0.39 is 5.97 Å². The summed E-state index contributed by atoms with van der Waals surface area (Å²) in [5.41, 5.74) is 3.39. The molecule has 0 heterocycles. The molecular formula is C23H33O4. The molecule has 2 atom stereocenters. The number of methoxy groups -OCH3 is 2. The van der Waals surface area contributed by atoms with E-state index in [1.165, 1.54) is 11.8 Å². The van der Waals surface area contributed by atoms with Crippen molar-refractivity contribution in [3.63, 3.8) is 0 Å². The van der Waals surface area contributed by atoms with Crippen LogP contribution in [0, 0.1) is 6.07 Å². The second kappa shape index (κ2) is 12.5. The molecule has 0 aliphatic rings. The molecule has 0 saturated heterocycles. The van der Waals surface area contributed by atoms with Crippen LogP contribution in [-0.4, -0.2) is 32.4 Å². The number of esters is 1. The van der Waals surface area contributed by atoms with Crippen LogP contribution in [0.3, 0.4) is 0 Å². The highest BCUT2D eigenvalue weighted by Gasteiger charge is 2.12. The topological polar surface area (TPSA) is 44.8 Å². The zero-order valence-corrected chi connectivity index (χ0v) is 17.5. The van der Waals surface area contributed by atoms with E-state index in [1.54, 1.807) is 20.3 Å². The molecule has 1 rings (SSSR count). The number of hydrogen-bond acceptors (Lipinski definition) is 4. The van der Waals surface area contributed by atoms with Gasteiger partial charge in [0, 0.05) is 20.3 Å². The zero-order valence-electron chi connectivity index (χ0n) is 17.5. The van der Waals surface area contributed by atoms with E-state index in [0.29, 0.717) is 5.56 Å². The van der Waals surface area contributed by atoms with Crippen LogP contribution in [-0.2, 0) is 14.2 Å². The van der Waals surface area contributed by atoms with Gasteiger partial charge in [-0.05, 0) is 49.5 Å². The molecule has 0 bridgehead atoms. The summed E-state index contributed by atoms with van der Waals surface area (Å²) in [6.07, 6.45) is 7.27. The Bertz CT molecular complexity index is 646. The van der Waals surface area contributed by atoms with E-state index in [9.17, 15) is 4.79 Å². The number of carbonyl (C=O) groups excluding carboxylic acids is 1. The fourth-order valence-electron chi connectivity index (χ4n) is 2.71. The highest BCUT2D eigenvalue weighted by Crippen LogP contribution is 2.19. The molecule has 1 aromatic carbocycles. The van der Waals surface area contributed by atoms with Crippen molar-refractivity contribution in [1.29, 1.82) is 0 Å². The lowest BCUT2D eigenvalue weighted by atomic mass is 10.0. The maximum absolute atomic E-state index is 12.4. The van der Waals surface area contributed by atoms with Crippen LogP contribution in [0.5, 0.6) is 0 Å². The van der Waals surface area contributed by atoms with Crippen molar-refractivity contribution in [2.24, 2.45) is 0 Å². The normalized spacial score (nSPS) is 14.7. The van der Waals surface area contributed by atoms with Crippen LogP contribution in [0.15, 0.2) is 35.6 Å². The van der Waals surface area contributed by atoms with Crippen LogP contribution in [0.25, 0.3) is 6.08 Å². The van der Waals surface area contributed by atoms with Gasteiger partial charge in [0.05, 0.1) is 24.0 Å². The molecule has 0 aliphatic heterocycles. The SMILES string of the molecule is CCCC(=COC(=O)c1[c]c(C=C(CCC)C(C)OC)ccc1)C(C)OC.